The average molecular weight is 370 g/mol. The molecule has 0 fully saturated rings. The zero-order chi connectivity index (χ0) is 17.3. The lowest BCUT2D eigenvalue weighted by atomic mass is 10.2. The highest BCUT2D eigenvalue weighted by Gasteiger charge is 2.46. The summed E-state index contributed by atoms with van der Waals surface area (Å²) in [6.07, 6.45) is 0. The molecule has 0 heterocycles. The Hall–Kier alpha value is 0.410. The van der Waals surface area contributed by atoms with Gasteiger partial charge in [0, 0.05) is 0 Å². The molecule has 0 bridgehead atoms. The van der Waals surface area contributed by atoms with Crippen LogP contribution >= 0.6 is 23.5 Å². The number of hydrogen-bond acceptors (Lipinski definition) is 7. The van der Waals surface area contributed by atoms with Crippen LogP contribution in [0.2, 0.25) is 0 Å². The van der Waals surface area contributed by atoms with E-state index < -0.39 is 34.7 Å². The first kappa shape index (κ1) is 21.4. The van der Waals surface area contributed by atoms with Crippen molar-refractivity contribution in [3.05, 3.63) is 0 Å². The molecule has 21 heavy (non-hydrogen) atoms. The van der Waals surface area contributed by atoms with Gasteiger partial charge in [-0.15, -0.1) is 0 Å². The van der Waals surface area contributed by atoms with Crippen molar-refractivity contribution in [3.63, 3.8) is 0 Å². The average Bonchev–Trinajstić information content (AvgIpc) is 1.83. The normalized spacial score (nSPS) is 17.6. The highest BCUT2D eigenvalue weighted by molar-refractivity contribution is 7.66. The molecule has 1 atom stereocenters. The van der Waals surface area contributed by atoms with Gasteiger partial charge >= 0.3 is 23.5 Å². The topological polar surface area (TPSA) is 149 Å². The molecule has 128 valence electrons. The van der Waals surface area contributed by atoms with Gasteiger partial charge in [0.1, 0.15) is 0 Å². The summed E-state index contributed by atoms with van der Waals surface area (Å²) in [5.41, 5.74) is -2.19. The maximum atomic E-state index is 12.4. The van der Waals surface area contributed by atoms with Gasteiger partial charge in [-0.25, -0.2) is 13.7 Å². The van der Waals surface area contributed by atoms with Crippen molar-refractivity contribution in [2.45, 2.75) is 52.7 Å². The predicted octanol–water partition coefficient (Wildman–Crippen LogP) is 2.95. The summed E-state index contributed by atoms with van der Waals surface area (Å²) >= 11 is 0. The second-order valence-electron chi connectivity index (χ2n) is 5.98. The minimum atomic E-state index is -5.38. The molecule has 0 aromatic heterocycles. The first-order chi connectivity index (χ1) is 8.83. The quantitative estimate of drug-likeness (QED) is 0.596. The van der Waals surface area contributed by atoms with E-state index in [-0.39, 0.29) is 0 Å². The number of hydrogen-bond donors (Lipinski definition) is 3. The molecular formula is C8H21O10P3. The Morgan fingerprint density at radius 1 is 0.714 bits per heavy atom. The van der Waals surface area contributed by atoms with Gasteiger partial charge in [0.2, 0.25) is 0 Å². The summed E-state index contributed by atoms with van der Waals surface area (Å²) in [7, 11) is -15.4. The Balaban J connectivity index is 5.39. The van der Waals surface area contributed by atoms with E-state index in [0.29, 0.717) is 0 Å². The molecule has 0 aromatic carbocycles. The van der Waals surface area contributed by atoms with Crippen molar-refractivity contribution in [2.24, 2.45) is 0 Å². The zero-order valence-electron chi connectivity index (χ0n) is 12.5. The van der Waals surface area contributed by atoms with Crippen LogP contribution in [-0.2, 0) is 31.4 Å². The minimum absolute atomic E-state index is 1.09. The van der Waals surface area contributed by atoms with Gasteiger partial charge in [0.05, 0.1) is 11.2 Å². The molecule has 0 aliphatic heterocycles. The van der Waals surface area contributed by atoms with Crippen molar-refractivity contribution < 1.29 is 46.0 Å². The van der Waals surface area contributed by atoms with E-state index in [0.717, 1.165) is 0 Å². The van der Waals surface area contributed by atoms with Gasteiger partial charge in [-0.05, 0) is 41.5 Å². The minimum Gasteiger partial charge on any atom is -0.302 e. The van der Waals surface area contributed by atoms with E-state index in [4.69, 9.17) is 18.8 Å². The van der Waals surface area contributed by atoms with Crippen LogP contribution in [0.3, 0.4) is 0 Å². The third-order valence-corrected chi connectivity index (χ3v) is 6.03. The molecule has 0 amide bonds. The van der Waals surface area contributed by atoms with Crippen LogP contribution in [0.4, 0.5) is 0 Å². The SMILES string of the molecule is CC(C)(C)OP(=O)(OC(C)(C)C)OP(=O)(O)OP(=O)(O)O. The van der Waals surface area contributed by atoms with Crippen LogP contribution in [0.15, 0.2) is 0 Å². The number of rotatable bonds is 6. The lowest BCUT2D eigenvalue weighted by Crippen LogP contribution is -2.24. The lowest BCUT2D eigenvalue weighted by molar-refractivity contribution is 0.0186. The fraction of sp³-hybridized carbons (Fsp3) is 1.00. The van der Waals surface area contributed by atoms with Crippen molar-refractivity contribution in [1.29, 1.82) is 0 Å². The highest BCUT2D eigenvalue weighted by atomic mass is 31.3. The Morgan fingerprint density at radius 2 is 1.05 bits per heavy atom. The summed E-state index contributed by atoms with van der Waals surface area (Å²) < 4.78 is 52.3. The molecule has 0 aliphatic carbocycles. The van der Waals surface area contributed by atoms with Crippen LogP contribution in [-0.4, -0.2) is 25.9 Å². The van der Waals surface area contributed by atoms with Gasteiger partial charge in [0.15, 0.2) is 0 Å². The van der Waals surface area contributed by atoms with E-state index in [9.17, 15) is 18.6 Å². The molecule has 0 spiro atoms. The molecule has 10 nitrogen and oxygen atoms in total. The van der Waals surface area contributed by atoms with Crippen molar-refractivity contribution in [2.75, 3.05) is 0 Å². The highest BCUT2D eigenvalue weighted by Crippen LogP contribution is 2.69. The van der Waals surface area contributed by atoms with Crippen LogP contribution in [0.5, 0.6) is 0 Å². The molecule has 0 rings (SSSR count). The van der Waals surface area contributed by atoms with Crippen LogP contribution in [0, 0.1) is 0 Å². The van der Waals surface area contributed by atoms with E-state index in [1.54, 1.807) is 0 Å². The monoisotopic (exact) mass is 370 g/mol. The standard InChI is InChI=1S/C8H21O10P3/c1-7(2,3)15-21(14,16-8(4,5)6)18-20(12,13)17-19(9,10)11/h1-6H3,(H,12,13)(H2,9,10,11). The van der Waals surface area contributed by atoms with E-state index >= 15 is 0 Å². The van der Waals surface area contributed by atoms with Gasteiger partial charge in [-0.3, -0.25) is 9.05 Å². The number of phosphoric ester groups is 1. The Labute approximate surface area is 123 Å². The zero-order valence-corrected chi connectivity index (χ0v) is 15.2. The van der Waals surface area contributed by atoms with Crippen molar-refractivity contribution >= 4 is 23.5 Å². The van der Waals surface area contributed by atoms with E-state index in [1.165, 1.54) is 41.5 Å². The van der Waals surface area contributed by atoms with Gasteiger partial charge < -0.3 is 14.7 Å². The first-order valence-electron chi connectivity index (χ1n) is 5.65. The summed E-state index contributed by atoms with van der Waals surface area (Å²) in [4.78, 5) is 26.3. The molecule has 0 aromatic rings. The lowest BCUT2D eigenvalue weighted by Gasteiger charge is -2.31. The summed E-state index contributed by atoms with van der Waals surface area (Å²) in [6, 6.07) is 0. The fourth-order valence-corrected chi connectivity index (χ4v) is 5.12. The summed E-state index contributed by atoms with van der Waals surface area (Å²) in [5.74, 6) is 0. The molecule has 0 saturated carbocycles. The van der Waals surface area contributed by atoms with Gasteiger partial charge in [-0.2, -0.15) is 8.62 Å². The van der Waals surface area contributed by atoms with Crippen LogP contribution < -0.4 is 0 Å². The number of phosphoric acid groups is 3. The maximum absolute atomic E-state index is 12.4. The second-order valence-corrected chi connectivity index (χ2v) is 10.5. The molecule has 1 unspecified atom stereocenters. The smallest absolute Gasteiger partial charge is 0.302 e. The van der Waals surface area contributed by atoms with E-state index in [1.807, 2.05) is 0 Å². The largest absolute Gasteiger partial charge is 0.490 e. The summed E-state index contributed by atoms with van der Waals surface area (Å²) in [5, 5.41) is 0. The van der Waals surface area contributed by atoms with Gasteiger partial charge in [0.25, 0.3) is 0 Å². The van der Waals surface area contributed by atoms with Crippen molar-refractivity contribution in [3.8, 4) is 0 Å². The third-order valence-electron chi connectivity index (χ3n) is 1.18. The van der Waals surface area contributed by atoms with Gasteiger partial charge in [-0.1, -0.05) is 0 Å². The molecule has 3 N–H and O–H groups in total. The van der Waals surface area contributed by atoms with Crippen LogP contribution in [0.1, 0.15) is 41.5 Å². The summed E-state index contributed by atoms with van der Waals surface area (Å²) in [6.45, 7) is 8.84. The van der Waals surface area contributed by atoms with Crippen molar-refractivity contribution in [1.82, 2.24) is 0 Å². The third kappa shape index (κ3) is 11.6. The fourth-order valence-electron chi connectivity index (χ4n) is 0.998. The molecule has 13 heteroatoms. The van der Waals surface area contributed by atoms with E-state index in [2.05, 4.69) is 8.62 Å². The Kier molecular flexibility index (Phi) is 6.62. The Morgan fingerprint density at radius 3 is 1.29 bits per heavy atom. The molecule has 0 radical (unpaired) electrons. The Bertz CT molecular complexity index is 475. The molecular weight excluding hydrogens is 349 g/mol. The molecule has 0 aliphatic rings. The molecule has 0 saturated heterocycles. The van der Waals surface area contributed by atoms with Crippen LogP contribution in [0.25, 0.3) is 0 Å². The first-order valence-corrected chi connectivity index (χ1v) is 10.1. The second kappa shape index (κ2) is 6.49. The predicted molar refractivity (Wildman–Crippen MR) is 73.3 cm³/mol. The maximum Gasteiger partial charge on any atom is 0.490 e.